The molecule has 5 nitrogen and oxygen atoms in total. The number of imide groups is 1. The number of phenols is 1. The van der Waals surface area contributed by atoms with Crippen molar-refractivity contribution in [1.82, 2.24) is 4.90 Å². The fraction of sp³-hybridized carbons (Fsp3) is 0.407. The molecular weight excluding hydrogens is 514 g/mol. The Hall–Kier alpha value is -2.22. The van der Waals surface area contributed by atoms with Crippen LogP contribution < -0.4 is 0 Å². The van der Waals surface area contributed by atoms with Crippen molar-refractivity contribution in [2.24, 2.45) is 17.8 Å². The number of hydrogen-bond donors (Lipinski definition) is 1. The minimum absolute atomic E-state index is 0.00746. The number of halogens is 1. The number of amides is 2. The van der Waals surface area contributed by atoms with E-state index in [0.717, 1.165) is 33.3 Å². The Balaban J connectivity index is 1.30. The van der Waals surface area contributed by atoms with Crippen molar-refractivity contribution in [1.29, 1.82) is 0 Å². The van der Waals surface area contributed by atoms with Crippen LogP contribution in [0, 0.1) is 17.8 Å². The van der Waals surface area contributed by atoms with E-state index >= 15 is 0 Å². The van der Waals surface area contributed by atoms with E-state index in [9.17, 15) is 14.7 Å². The molecule has 2 amide bonds. The van der Waals surface area contributed by atoms with Crippen LogP contribution in [0.25, 0.3) is 6.08 Å². The number of thiophene rings is 1. The summed E-state index contributed by atoms with van der Waals surface area (Å²) in [7, 11) is 0. The monoisotopic (exact) mass is 541 g/mol. The molecule has 7 heteroatoms. The number of likely N-dealkylation sites (tertiary alicyclic amines) is 1. The lowest BCUT2D eigenvalue weighted by Gasteiger charge is -2.30. The topological polar surface area (TPSA) is 66.8 Å². The zero-order valence-electron chi connectivity index (χ0n) is 19.3. The Morgan fingerprint density at radius 1 is 1.26 bits per heavy atom. The minimum atomic E-state index is -0.300. The predicted octanol–water partition coefficient (Wildman–Crippen LogP) is 5.94. The number of nitrogens with zero attached hydrogens (tertiary/aromatic N) is 1. The number of rotatable bonds is 6. The SMILES string of the molecule is CC1=C2[C@@H](CC/C(C)=C/c3cc(Br)ccc3O)OC[C@@H]2[C@@H]2C(=O)N(Cc3cccs3)C(=O)[C@@H]2C1. The molecule has 3 aliphatic rings. The van der Waals surface area contributed by atoms with E-state index in [0.29, 0.717) is 19.6 Å². The summed E-state index contributed by atoms with van der Waals surface area (Å²) < 4.78 is 7.15. The molecule has 178 valence electrons. The molecule has 34 heavy (non-hydrogen) atoms. The Morgan fingerprint density at radius 3 is 2.85 bits per heavy atom. The Labute approximate surface area is 212 Å². The van der Waals surface area contributed by atoms with Crippen LogP contribution in [0.5, 0.6) is 5.75 Å². The summed E-state index contributed by atoms with van der Waals surface area (Å²) in [5, 5.41) is 12.1. The normalized spacial score (nSPS) is 26.9. The molecule has 2 fully saturated rings. The predicted molar refractivity (Wildman–Crippen MR) is 136 cm³/mol. The van der Waals surface area contributed by atoms with Gasteiger partial charge in [-0.1, -0.05) is 39.2 Å². The second-order valence-corrected chi connectivity index (χ2v) is 11.5. The lowest BCUT2D eigenvalue weighted by Crippen LogP contribution is -2.34. The van der Waals surface area contributed by atoms with Crippen molar-refractivity contribution < 1.29 is 19.4 Å². The molecule has 4 atom stereocenters. The van der Waals surface area contributed by atoms with Crippen molar-refractivity contribution in [2.75, 3.05) is 6.61 Å². The van der Waals surface area contributed by atoms with E-state index in [1.165, 1.54) is 16.0 Å². The maximum Gasteiger partial charge on any atom is 0.234 e. The van der Waals surface area contributed by atoms with Crippen molar-refractivity contribution in [3.05, 3.63) is 67.3 Å². The molecular formula is C27H28BrNO4S. The molecule has 1 aliphatic carbocycles. The van der Waals surface area contributed by atoms with Gasteiger partial charge in [-0.05, 0) is 68.3 Å². The van der Waals surface area contributed by atoms with E-state index in [-0.39, 0.29) is 41.4 Å². The maximum atomic E-state index is 13.4. The highest BCUT2D eigenvalue weighted by Crippen LogP contribution is 2.50. The summed E-state index contributed by atoms with van der Waals surface area (Å²) in [5.74, 6) is -0.377. The summed E-state index contributed by atoms with van der Waals surface area (Å²) in [6.45, 7) is 5.04. The van der Waals surface area contributed by atoms with Gasteiger partial charge in [-0.15, -0.1) is 11.3 Å². The van der Waals surface area contributed by atoms with Gasteiger partial charge in [-0.25, -0.2) is 0 Å². The average molecular weight is 542 g/mol. The highest BCUT2D eigenvalue weighted by atomic mass is 79.9. The molecule has 5 rings (SSSR count). The van der Waals surface area contributed by atoms with E-state index in [1.54, 1.807) is 17.4 Å². The van der Waals surface area contributed by atoms with Crippen LogP contribution in [0.1, 0.15) is 43.6 Å². The molecule has 0 spiro atoms. The number of carbonyl (C=O) groups is 2. The molecule has 1 aromatic carbocycles. The number of allylic oxidation sites excluding steroid dienone is 2. The van der Waals surface area contributed by atoms with Crippen LogP contribution in [0.15, 0.2) is 56.9 Å². The van der Waals surface area contributed by atoms with Crippen LogP contribution in [-0.2, 0) is 20.9 Å². The van der Waals surface area contributed by atoms with Crippen LogP contribution in [-0.4, -0.2) is 34.5 Å². The second-order valence-electron chi connectivity index (χ2n) is 9.58. The number of phenolic OH excluding ortho intramolecular Hbond substituents is 1. The van der Waals surface area contributed by atoms with E-state index in [4.69, 9.17) is 4.74 Å². The van der Waals surface area contributed by atoms with Crippen molar-refractivity contribution in [3.8, 4) is 5.75 Å². The second kappa shape index (κ2) is 9.44. The first-order valence-corrected chi connectivity index (χ1v) is 13.3. The number of ether oxygens (including phenoxy) is 1. The van der Waals surface area contributed by atoms with Crippen LogP contribution in [0.3, 0.4) is 0 Å². The van der Waals surface area contributed by atoms with Crippen molar-refractivity contribution in [3.63, 3.8) is 0 Å². The summed E-state index contributed by atoms with van der Waals surface area (Å²) in [4.78, 5) is 29.0. The summed E-state index contributed by atoms with van der Waals surface area (Å²) in [6, 6.07) is 9.32. The van der Waals surface area contributed by atoms with Gasteiger partial charge in [0.2, 0.25) is 11.8 Å². The fourth-order valence-electron chi connectivity index (χ4n) is 5.75. The highest BCUT2D eigenvalue weighted by Gasteiger charge is 2.56. The standard InChI is InChI=1S/C27H28BrNO4S/c1-15(10-17-12-18(28)6-7-22(17)30)5-8-23-24-16(2)11-20-25(21(24)14-33-23)27(32)29(26(20)31)13-19-4-3-9-34-19/h3-4,6-7,9-10,12,20-21,23,25,30H,5,8,11,13-14H2,1-2H3/b15-10+/t20-,21+,23-,25-/m1/s1. The van der Waals surface area contributed by atoms with E-state index < -0.39 is 0 Å². The molecule has 1 aromatic heterocycles. The first kappa shape index (κ1) is 23.5. The van der Waals surface area contributed by atoms with E-state index in [1.807, 2.05) is 35.7 Å². The third kappa shape index (κ3) is 4.30. The van der Waals surface area contributed by atoms with Gasteiger partial charge in [0, 0.05) is 20.8 Å². The molecule has 0 unspecified atom stereocenters. The smallest absolute Gasteiger partial charge is 0.234 e. The lowest BCUT2D eigenvalue weighted by molar-refractivity contribution is -0.140. The zero-order chi connectivity index (χ0) is 24.0. The number of hydrogen-bond acceptors (Lipinski definition) is 5. The zero-order valence-corrected chi connectivity index (χ0v) is 21.7. The Morgan fingerprint density at radius 2 is 2.09 bits per heavy atom. The highest BCUT2D eigenvalue weighted by molar-refractivity contribution is 9.10. The van der Waals surface area contributed by atoms with Crippen molar-refractivity contribution >= 4 is 45.2 Å². The number of aromatic hydroxyl groups is 1. The Bertz CT molecular complexity index is 1190. The summed E-state index contributed by atoms with van der Waals surface area (Å²) in [6.07, 6.45) is 4.26. The molecule has 1 N–H and O–H groups in total. The van der Waals surface area contributed by atoms with Gasteiger partial charge in [0.1, 0.15) is 5.75 Å². The first-order valence-electron chi connectivity index (χ1n) is 11.7. The molecule has 2 saturated heterocycles. The van der Waals surface area contributed by atoms with E-state index in [2.05, 4.69) is 29.8 Å². The van der Waals surface area contributed by atoms with Crippen LogP contribution >= 0.6 is 27.3 Å². The van der Waals surface area contributed by atoms with Gasteiger partial charge in [-0.2, -0.15) is 0 Å². The van der Waals surface area contributed by atoms with Gasteiger partial charge in [-0.3, -0.25) is 14.5 Å². The van der Waals surface area contributed by atoms with Gasteiger partial charge >= 0.3 is 0 Å². The molecule has 2 aliphatic heterocycles. The van der Waals surface area contributed by atoms with Gasteiger partial charge in [0.25, 0.3) is 0 Å². The number of fused-ring (bicyclic) bond motifs is 3. The van der Waals surface area contributed by atoms with Gasteiger partial charge in [0.15, 0.2) is 0 Å². The average Bonchev–Trinajstić information content (AvgIpc) is 3.52. The molecule has 0 radical (unpaired) electrons. The molecule has 0 saturated carbocycles. The largest absolute Gasteiger partial charge is 0.507 e. The minimum Gasteiger partial charge on any atom is -0.507 e. The first-order chi connectivity index (χ1) is 16.3. The number of carbonyl (C=O) groups excluding carboxylic acids is 2. The third-order valence-corrected chi connectivity index (χ3v) is 8.68. The summed E-state index contributed by atoms with van der Waals surface area (Å²) in [5.41, 5.74) is 4.38. The molecule has 3 heterocycles. The van der Waals surface area contributed by atoms with Gasteiger partial charge in [0.05, 0.1) is 31.1 Å². The lowest BCUT2D eigenvalue weighted by atomic mass is 9.70. The molecule has 2 aromatic rings. The number of benzene rings is 1. The third-order valence-electron chi connectivity index (χ3n) is 7.33. The maximum absolute atomic E-state index is 13.4. The molecule has 0 bridgehead atoms. The van der Waals surface area contributed by atoms with Crippen LogP contribution in [0.2, 0.25) is 0 Å². The van der Waals surface area contributed by atoms with Gasteiger partial charge < -0.3 is 9.84 Å². The summed E-state index contributed by atoms with van der Waals surface area (Å²) >= 11 is 5.03. The van der Waals surface area contributed by atoms with Crippen LogP contribution in [0.4, 0.5) is 0 Å². The Kier molecular flexibility index (Phi) is 6.53. The quantitative estimate of drug-likeness (QED) is 0.363. The fourth-order valence-corrected chi connectivity index (χ4v) is 6.82. The van der Waals surface area contributed by atoms with Crippen molar-refractivity contribution in [2.45, 2.75) is 45.8 Å².